The Morgan fingerprint density at radius 3 is 2.91 bits per heavy atom. The minimum atomic E-state index is -3.75. The Morgan fingerprint density at radius 2 is 2.18 bits per heavy atom. The molecule has 1 aliphatic rings. The summed E-state index contributed by atoms with van der Waals surface area (Å²) >= 11 is 0. The molecule has 0 saturated heterocycles. The Morgan fingerprint density at radius 1 is 1.41 bits per heavy atom. The average Bonchev–Trinajstić information content (AvgIpc) is 3.00. The summed E-state index contributed by atoms with van der Waals surface area (Å²) < 4.78 is 26.1. The van der Waals surface area contributed by atoms with Crippen molar-refractivity contribution in [2.75, 3.05) is 12.3 Å². The summed E-state index contributed by atoms with van der Waals surface area (Å²) in [4.78, 5) is 8.19. The van der Waals surface area contributed by atoms with Crippen molar-refractivity contribution >= 4 is 27.1 Å². The van der Waals surface area contributed by atoms with Gasteiger partial charge in [0.15, 0.2) is 0 Å². The smallest absolute Gasteiger partial charge is 0.274 e. The van der Waals surface area contributed by atoms with E-state index < -0.39 is 16.3 Å². The summed E-state index contributed by atoms with van der Waals surface area (Å²) in [6, 6.07) is 1.86. The highest BCUT2D eigenvalue weighted by Gasteiger charge is 2.34. The van der Waals surface area contributed by atoms with Gasteiger partial charge in [0.2, 0.25) is 0 Å². The molecule has 0 radical (unpaired) electrons. The van der Waals surface area contributed by atoms with Crippen LogP contribution in [0.4, 0.5) is 5.82 Å². The Labute approximate surface area is 127 Å². The van der Waals surface area contributed by atoms with Crippen LogP contribution >= 0.6 is 0 Å². The fraction of sp³-hybridized carbons (Fsp3) is 0.500. The largest absolute Gasteiger partial charge is 0.393 e. The molecule has 6 N–H and O–H groups in total. The first-order valence-corrected chi connectivity index (χ1v) is 8.42. The van der Waals surface area contributed by atoms with Gasteiger partial charge in [0, 0.05) is 24.7 Å². The van der Waals surface area contributed by atoms with Crippen LogP contribution in [0.25, 0.3) is 11.0 Å². The van der Waals surface area contributed by atoms with Crippen LogP contribution in [0.5, 0.6) is 0 Å². The monoisotopic (exact) mass is 326 g/mol. The summed E-state index contributed by atoms with van der Waals surface area (Å²) in [5, 5.41) is 15.8. The van der Waals surface area contributed by atoms with E-state index in [1.807, 2.05) is 16.8 Å². The molecule has 120 valence electrons. The maximum Gasteiger partial charge on any atom is 0.274 e. The number of fused-ring (bicyclic) bond motifs is 1. The van der Waals surface area contributed by atoms with Crippen molar-refractivity contribution in [3.8, 4) is 0 Å². The van der Waals surface area contributed by atoms with Gasteiger partial charge in [-0.3, -0.25) is 0 Å². The van der Waals surface area contributed by atoms with Crippen molar-refractivity contribution in [2.45, 2.75) is 25.0 Å². The van der Waals surface area contributed by atoms with Gasteiger partial charge in [-0.05, 0) is 18.9 Å². The molecule has 2 aromatic heterocycles. The predicted molar refractivity (Wildman–Crippen MR) is 80.8 cm³/mol. The molecule has 10 heteroatoms. The lowest BCUT2D eigenvalue weighted by Crippen LogP contribution is -2.36. The zero-order chi connectivity index (χ0) is 15.9. The Kier molecular flexibility index (Phi) is 3.77. The lowest BCUT2D eigenvalue weighted by molar-refractivity contribution is 0.133. The van der Waals surface area contributed by atoms with Gasteiger partial charge in [-0.25, -0.2) is 19.8 Å². The van der Waals surface area contributed by atoms with Crippen molar-refractivity contribution in [3.63, 3.8) is 0 Å². The molecule has 0 aliphatic heterocycles. The number of aromatic nitrogens is 3. The summed E-state index contributed by atoms with van der Waals surface area (Å²) in [6.45, 7) is 0.118. The highest BCUT2D eigenvalue weighted by atomic mass is 32.2. The first-order chi connectivity index (χ1) is 10.3. The van der Waals surface area contributed by atoms with E-state index in [1.165, 1.54) is 6.33 Å². The van der Waals surface area contributed by atoms with Crippen LogP contribution in [-0.2, 0) is 10.2 Å². The van der Waals surface area contributed by atoms with Crippen molar-refractivity contribution < 1.29 is 13.5 Å². The zero-order valence-corrected chi connectivity index (χ0v) is 12.6. The van der Waals surface area contributed by atoms with Crippen LogP contribution in [0.2, 0.25) is 0 Å². The molecule has 22 heavy (non-hydrogen) atoms. The number of nitrogens with zero attached hydrogens (tertiary/aromatic N) is 3. The van der Waals surface area contributed by atoms with Crippen LogP contribution in [0, 0.1) is 5.92 Å². The molecule has 0 aromatic carbocycles. The summed E-state index contributed by atoms with van der Waals surface area (Å²) in [6.07, 6.45) is 3.81. The van der Waals surface area contributed by atoms with E-state index in [0.717, 1.165) is 5.39 Å². The molecule has 1 fully saturated rings. The number of aliphatic hydroxyl groups excluding tert-OH is 1. The molecule has 0 unspecified atom stereocenters. The number of nitrogens with one attached hydrogen (secondary N) is 1. The molecular formula is C12H18N6O3S. The molecular weight excluding hydrogens is 308 g/mol. The van der Waals surface area contributed by atoms with Gasteiger partial charge in [0.25, 0.3) is 10.2 Å². The minimum Gasteiger partial charge on any atom is -0.393 e. The molecule has 2 aromatic rings. The van der Waals surface area contributed by atoms with Gasteiger partial charge in [-0.1, -0.05) is 0 Å². The molecule has 3 atom stereocenters. The third-order valence-corrected chi connectivity index (χ3v) is 4.68. The van der Waals surface area contributed by atoms with E-state index in [9.17, 15) is 13.5 Å². The fourth-order valence-electron chi connectivity index (χ4n) is 3.03. The van der Waals surface area contributed by atoms with Gasteiger partial charge in [0.05, 0.1) is 11.5 Å². The Balaban J connectivity index is 1.80. The quantitative estimate of drug-likeness (QED) is 0.573. The number of hydrogen-bond acceptors (Lipinski definition) is 6. The van der Waals surface area contributed by atoms with E-state index >= 15 is 0 Å². The van der Waals surface area contributed by atoms with Gasteiger partial charge >= 0.3 is 0 Å². The lowest BCUT2D eigenvalue weighted by atomic mass is 10.1. The van der Waals surface area contributed by atoms with Crippen LogP contribution in [0.1, 0.15) is 18.9 Å². The van der Waals surface area contributed by atoms with Crippen molar-refractivity contribution in [1.82, 2.24) is 19.3 Å². The topological polar surface area (TPSA) is 149 Å². The maximum atomic E-state index is 11.0. The number of nitrogens with two attached hydrogens (primary N) is 2. The van der Waals surface area contributed by atoms with E-state index in [1.54, 1.807) is 0 Å². The van der Waals surface area contributed by atoms with E-state index in [0.29, 0.717) is 24.3 Å². The third kappa shape index (κ3) is 2.90. The maximum absolute atomic E-state index is 11.0. The van der Waals surface area contributed by atoms with E-state index in [4.69, 9.17) is 10.9 Å². The van der Waals surface area contributed by atoms with Crippen LogP contribution in [0.3, 0.4) is 0 Å². The van der Waals surface area contributed by atoms with Crippen LogP contribution in [-0.4, -0.2) is 40.7 Å². The lowest BCUT2D eigenvalue weighted by Gasteiger charge is -2.14. The molecule has 0 amide bonds. The fourth-order valence-corrected chi connectivity index (χ4v) is 3.48. The van der Waals surface area contributed by atoms with Crippen molar-refractivity contribution in [3.05, 3.63) is 18.6 Å². The van der Waals surface area contributed by atoms with Gasteiger partial charge in [-0.15, -0.1) is 0 Å². The number of anilines is 1. The molecule has 0 spiro atoms. The number of rotatable bonds is 4. The van der Waals surface area contributed by atoms with Gasteiger partial charge in [0.1, 0.15) is 17.8 Å². The van der Waals surface area contributed by atoms with Crippen molar-refractivity contribution in [2.24, 2.45) is 11.1 Å². The van der Waals surface area contributed by atoms with Crippen molar-refractivity contribution in [1.29, 1.82) is 0 Å². The minimum absolute atomic E-state index is 0.0223. The normalized spacial score (nSPS) is 25.8. The third-order valence-electron chi connectivity index (χ3n) is 4.11. The zero-order valence-electron chi connectivity index (χ0n) is 11.8. The molecule has 0 bridgehead atoms. The van der Waals surface area contributed by atoms with E-state index in [-0.39, 0.29) is 18.5 Å². The summed E-state index contributed by atoms with van der Waals surface area (Å²) in [7, 11) is -3.75. The molecule has 9 nitrogen and oxygen atoms in total. The Hall–Kier alpha value is -1.75. The second-order valence-electron chi connectivity index (χ2n) is 5.57. The van der Waals surface area contributed by atoms with Gasteiger partial charge < -0.3 is 15.4 Å². The molecule has 1 saturated carbocycles. The first-order valence-electron chi connectivity index (χ1n) is 6.87. The second kappa shape index (κ2) is 5.47. The second-order valence-corrected chi connectivity index (χ2v) is 6.94. The van der Waals surface area contributed by atoms with Gasteiger partial charge in [-0.2, -0.15) is 8.42 Å². The number of aliphatic hydroxyl groups is 1. The predicted octanol–water partition coefficient (Wildman–Crippen LogP) is -0.881. The van der Waals surface area contributed by atoms with E-state index in [2.05, 4.69) is 14.7 Å². The first kappa shape index (κ1) is 15.2. The molecule has 3 rings (SSSR count). The summed E-state index contributed by atoms with van der Waals surface area (Å²) in [5.41, 5.74) is 6.53. The molecule has 2 heterocycles. The summed E-state index contributed by atoms with van der Waals surface area (Å²) in [5.74, 6) is 0.217. The van der Waals surface area contributed by atoms with Crippen LogP contribution in [0.15, 0.2) is 18.6 Å². The van der Waals surface area contributed by atoms with Crippen LogP contribution < -0.4 is 15.6 Å². The SMILES string of the molecule is Nc1ncnc2c1ccn2[C@@H]1C[C@@H](CNS(N)(=O)=O)[C@@H](O)C1. The number of hydrogen-bond donors (Lipinski definition) is 4. The highest BCUT2D eigenvalue weighted by Crippen LogP contribution is 2.36. The average molecular weight is 326 g/mol. The highest BCUT2D eigenvalue weighted by molar-refractivity contribution is 7.87. The Bertz CT molecular complexity index is 789. The molecule has 1 aliphatic carbocycles. The number of nitrogen functional groups attached to an aromatic ring is 1. The standard InChI is InChI=1S/C12H18N6O3S/c13-11-9-1-2-18(12(9)16-6-15-11)8-3-7(10(19)4-8)5-17-22(14,20)21/h1-2,6-8,10,17,19H,3-5H2,(H2,13,15,16)(H2,14,20,21)/t7-,8+,10-/m0/s1.